The fraction of sp³-hybridized carbons (Fsp3) is 0.444. The van der Waals surface area contributed by atoms with Crippen LogP contribution in [-0.2, 0) is 19.3 Å². The summed E-state index contributed by atoms with van der Waals surface area (Å²) in [7, 11) is 2.02. The van der Waals surface area contributed by atoms with Crippen LogP contribution in [0.5, 0.6) is 0 Å². The summed E-state index contributed by atoms with van der Waals surface area (Å²) >= 11 is 0. The van der Waals surface area contributed by atoms with Gasteiger partial charge in [-0.1, -0.05) is 29.8 Å². The Kier molecular flexibility index (Phi) is 4.30. The molecule has 3 rings (SSSR count). The summed E-state index contributed by atoms with van der Waals surface area (Å²) in [5.74, 6) is 1.68. The maximum Gasteiger partial charge on any atom is 0.132 e. The molecule has 0 bridgehead atoms. The molecule has 0 radical (unpaired) electrons. The molecule has 1 unspecified atom stereocenters. The van der Waals surface area contributed by atoms with Crippen LogP contribution >= 0.6 is 0 Å². The molecule has 2 aromatic rings. The monoisotopic (exact) mass is 281 g/mol. The summed E-state index contributed by atoms with van der Waals surface area (Å²) in [5, 5.41) is 3.28. The van der Waals surface area contributed by atoms with Crippen molar-refractivity contribution in [2.45, 2.75) is 32.6 Å². The molecule has 0 amide bonds. The van der Waals surface area contributed by atoms with Gasteiger partial charge < -0.3 is 5.32 Å². The number of benzene rings is 1. The van der Waals surface area contributed by atoms with E-state index < -0.39 is 0 Å². The largest absolute Gasteiger partial charge is 0.319 e. The third kappa shape index (κ3) is 3.48. The minimum atomic E-state index is 0.731. The number of rotatable bonds is 4. The van der Waals surface area contributed by atoms with E-state index in [4.69, 9.17) is 4.98 Å². The van der Waals surface area contributed by atoms with E-state index in [0.717, 1.165) is 37.5 Å². The van der Waals surface area contributed by atoms with Crippen molar-refractivity contribution in [3.05, 3.63) is 58.7 Å². The van der Waals surface area contributed by atoms with Gasteiger partial charge in [-0.2, -0.15) is 0 Å². The first-order valence-electron chi connectivity index (χ1n) is 7.78. The van der Waals surface area contributed by atoms with Gasteiger partial charge in [-0.05, 0) is 56.8 Å². The van der Waals surface area contributed by atoms with Gasteiger partial charge in [-0.15, -0.1) is 0 Å². The van der Waals surface area contributed by atoms with Crippen LogP contribution in [0.4, 0.5) is 0 Å². The molecule has 1 aliphatic rings. The predicted octanol–water partition coefficient (Wildman–Crippen LogP) is 2.70. The fourth-order valence-corrected chi connectivity index (χ4v) is 3.06. The smallest absolute Gasteiger partial charge is 0.132 e. The molecule has 1 N–H and O–H groups in total. The zero-order chi connectivity index (χ0) is 14.7. The lowest BCUT2D eigenvalue weighted by atomic mass is 9.87. The summed E-state index contributed by atoms with van der Waals surface area (Å²) in [6, 6.07) is 8.63. The van der Waals surface area contributed by atoms with Crippen molar-refractivity contribution in [3.63, 3.8) is 0 Å². The lowest BCUT2D eigenvalue weighted by Gasteiger charge is -2.23. The minimum absolute atomic E-state index is 0.731. The van der Waals surface area contributed by atoms with Gasteiger partial charge in [0.1, 0.15) is 5.82 Å². The highest BCUT2D eigenvalue weighted by Gasteiger charge is 2.19. The molecule has 1 aliphatic carbocycles. The third-order valence-corrected chi connectivity index (χ3v) is 4.28. The second-order valence-electron chi connectivity index (χ2n) is 6.09. The van der Waals surface area contributed by atoms with E-state index in [2.05, 4.69) is 41.5 Å². The second kappa shape index (κ2) is 6.35. The van der Waals surface area contributed by atoms with E-state index in [1.165, 1.54) is 28.8 Å². The van der Waals surface area contributed by atoms with Gasteiger partial charge in [0.2, 0.25) is 0 Å². The quantitative estimate of drug-likeness (QED) is 0.936. The van der Waals surface area contributed by atoms with Gasteiger partial charge in [-0.3, -0.25) is 0 Å². The second-order valence-corrected chi connectivity index (χ2v) is 6.09. The lowest BCUT2D eigenvalue weighted by molar-refractivity contribution is 0.433. The molecule has 3 nitrogen and oxygen atoms in total. The van der Waals surface area contributed by atoms with Gasteiger partial charge in [0.25, 0.3) is 0 Å². The Balaban J connectivity index is 1.73. The Hall–Kier alpha value is -1.74. The first kappa shape index (κ1) is 14.2. The molecule has 1 heterocycles. The van der Waals surface area contributed by atoms with Crippen LogP contribution in [0.3, 0.4) is 0 Å². The van der Waals surface area contributed by atoms with Gasteiger partial charge in [0.05, 0.1) is 0 Å². The molecular formula is C18H23N3. The summed E-state index contributed by atoms with van der Waals surface area (Å²) in [6.45, 7) is 3.20. The van der Waals surface area contributed by atoms with E-state index in [1.54, 1.807) is 0 Å². The highest BCUT2D eigenvalue weighted by molar-refractivity contribution is 5.26. The number of nitrogens with zero attached hydrogens (tertiary/aromatic N) is 2. The van der Waals surface area contributed by atoms with Crippen molar-refractivity contribution in [2.75, 3.05) is 13.6 Å². The topological polar surface area (TPSA) is 37.8 Å². The molecule has 0 aliphatic heterocycles. The van der Waals surface area contributed by atoms with Crippen LogP contribution in [0.1, 0.15) is 34.6 Å². The number of hydrogen-bond donors (Lipinski definition) is 1. The summed E-state index contributed by atoms with van der Waals surface area (Å²) in [5.41, 5.74) is 5.18. The molecule has 1 aromatic heterocycles. The average Bonchev–Trinajstić information content (AvgIpc) is 2.50. The standard InChI is InChI=1S/C18H23N3/c1-13-3-5-14(6-4-13)10-18-20-12-16-9-15(11-19-2)7-8-17(16)21-18/h3-6,12,15,19H,7-11H2,1-2H3. The maximum atomic E-state index is 4.79. The van der Waals surface area contributed by atoms with Crippen molar-refractivity contribution >= 4 is 0 Å². The van der Waals surface area contributed by atoms with Crippen molar-refractivity contribution in [1.82, 2.24) is 15.3 Å². The molecule has 0 spiro atoms. The van der Waals surface area contributed by atoms with Crippen LogP contribution in [-0.4, -0.2) is 23.6 Å². The van der Waals surface area contributed by atoms with E-state index in [-0.39, 0.29) is 0 Å². The van der Waals surface area contributed by atoms with E-state index in [1.807, 2.05) is 13.2 Å². The highest BCUT2D eigenvalue weighted by atomic mass is 14.9. The van der Waals surface area contributed by atoms with Gasteiger partial charge in [-0.25, -0.2) is 9.97 Å². The lowest BCUT2D eigenvalue weighted by Crippen LogP contribution is -2.25. The summed E-state index contributed by atoms with van der Waals surface area (Å²) in [6.07, 6.45) is 6.31. The normalized spacial score (nSPS) is 17.5. The first-order chi connectivity index (χ1) is 10.2. The Morgan fingerprint density at radius 3 is 2.81 bits per heavy atom. The van der Waals surface area contributed by atoms with Crippen LogP contribution in [0.25, 0.3) is 0 Å². The zero-order valence-electron chi connectivity index (χ0n) is 12.9. The fourth-order valence-electron chi connectivity index (χ4n) is 3.06. The molecule has 110 valence electrons. The number of aromatic nitrogens is 2. The molecule has 0 saturated carbocycles. The first-order valence-corrected chi connectivity index (χ1v) is 7.78. The van der Waals surface area contributed by atoms with Crippen molar-refractivity contribution < 1.29 is 0 Å². The van der Waals surface area contributed by atoms with Crippen molar-refractivity contribution in [1.29, 1.82) is 0 Å². The Morgan fingerprint density at radius 2 is 2.05 bits per heavy atom. The predicted molar refractivity (Wildman–Crippen MR) is 85.5 cm³/mol. The maximum absolute atomic E-state index is 4.79. The highest BCUT2D eigenvalue weighted by Crippen LogP contribution is 2.23. The Labute approximate surface area is 126 Å². The molecule has 1 aromatic carbocycles. The Bertz CT molecular complexity index is 604. The van der Waals surface area contributed by atoms with E-state index in [0.29, 0.717) is 0 Å². The zero-order valence-corrected chi connectivity index (χ0v) is 12.9. The average molecular weight is 281 g/mol. The minimum Gasteiger partial charge on any atom is -0.319 e. The number of aryl methyl sites for hydroxylation is 2. The number of fused-ring (bicyclic) bond motifs is 1. The molecule has 0 fully saturated rings. The summed E-state index contributed by atoms with van der Waals surface area (Å²) in [4.78, 5) is 9.37. The van der Waals surface area contributed by atoms with Crippen LogP contribution in [0.2, 0.25) is 0 Å². The molecule has 1 atom stereocenters. The number of hydrogen-bond acceptors (Lipinski definition) is 3. The van der Waals surface area contributed by atoms with Gasteiger partial charge in [0, 0.05) is 18.3 Å². The van der Waals surface area contributed by atoms with E-state index >= 15 is 0 Å². The van der Waals surface area contributed by atoms with Crippen LogP contribution in [0, 0.1) is 12.8 Å². The number of nitrogens with one attached hydrogen (secondary N) is 1. The van der Waals surface area contributed by atoms with Crippen molar-refractivity contribution in [2.24, 2.45) is 5.92 Å². The SMILES string of the molecule is CNCC1CCc2nc(Cc3ccc(C)cc3)ncc2C1. The molecular weight excluding hydrogens is 258 g/mol. The molecule has 3 heteroatoms. The molecule has 0 saturated heterocycles. The van der Waals surface area contributed by atoms with Crippen LogP contribution < -0.4 is 5.32 Å². The van der Waals surface area contributed by atoms with Crippen molar-refractivity contribution in [3.8, 4) is 0 Å². The third-order valence-electron chi connectivity index (χ3n) is 4.28. The van der Waals surface area contributed by atoms with Gasteiger partial charge in [0.15, 0.2) is 0 Å². The Morgan fingerprint density at radius 1 is 1.24 bits per heavy atom. The van der Waals surface area contributed by atoms with Gasteiger partial charge >= 0.3 is 0 Å². The van der Waals surface area contributed by atoms with E-state index in [9.17, 15) is 0 Å². The van der Waals surface area contributed by atoms with Crippen LogP contribution in [0.15, 0.2) is 30.5 Å². The molecule has 21 heavy (non-hydrogen) atoms. The summed E-state index contributed by atoms with van der Waals surface area (Å²) < 4.78 is 0.